The SMILES string of the molecule is COc1ccc(CCNC(=O)c2cnccn2)cc1C. The maximum atomic E-state index is 11.8. The van der Waals surface area contributed by atoms with Gasteiger partial charge in [0.1, 0.15) is 11.4 Å². The smallest absolute Gasteiger partial charge is 0.271 e. The molecular formula is C15H17N3O2. The van der Waals surface area contributed by atoms with E-state index in [1.54, 1.807) is 7.11 Å². The lowest BCUT2D eigenvalue weighted by Crippen LogP contribution is -2.26. The van der Waals surface area contributed by atoms with Crippen LogP contribution in [0, 0.1) is 6.92 Å². The molecule has 0 bridgehead atoms. The van der Waals surface area contributed by atoms with Crippen LogP contribution < -0.4 is 10.1 Å². The third-order valence-corrected chi connectivity index (χ3v) is 2.95. The van der Waals surface area contributed by atoms with E-state index < -0.39 is 0 Å². The molecule has 2 rings (SSSR count). The standard InChI is InChI=1S/C15H17N3O2/c1-11-9-12(3-4-14(11)20-2)5-6-18-15(19)13-10-16-7-8-17-13/h3-4,7-10H,5-6H2,1-2H3,(H,18,19). The Balaban J connectivity index is 1.87. The van der Waals surface area contributed by atoms with E-state index in [0.29, 0.717) is 12.2 Å². The molecule has 0 aliphatic carbocycles. The van der Waals surface area contributed by atoms with Gasteiger partial charge in [0, 0.05) is 18.9 Å². The first-order valence-corrected chi connectivity index (χ1v) is 6.38. The van der Waals surface area contributed by atoms with Crippen molar-refractivity contribution < 1.29 is 9.53 Å². The summed E-state index contributed by atoms with van der Waals surface area (Å²) in [4.78, 5) is 19.6. The number of carbonyl (C=O) groups is 1. The number of nitrogens with zero attached hydrogens (tertiary/aromatic N) is 2. The van der Waals surface area contributed by atoms with Gasteiger partial charge in [-0.2, -0.15) is 0 Å². The van der Waals surface area contributed by atoms with Gasteiger partial charge < -0.3 is 10.1 Å². The number of ether oxygens (including phenoxy) is 1. The largest absolute Gasteiger partial charge is 0.496 e. The van der Waals surface area contributed by atoms with Crippen molar-refractivity contribution in [1.82, 2.24) is 15.3 Å². The quantitative estimate of drug-likeness (QED) is 0.900. The zero-order chi connectivity index (χ0) is 14.4. The molecule has 5 heteroatoms. The van der Waals surface area contributed by atoms with Gasteiger partial charge in [0.15, 0.2) is 0 Å². The van der Waals surface area contributed by atoms with Crippen LogP contribution in [0.4, 0.5) is 0 Å². The molecule has 20 heavy (non-hydrogen) atoms. The number of methoxy groups -OCH3 is 1. The topological polar surface area (TPSA) is 64.1 Å². The maximum absolute atomic E-state index is 11.8. The van der Waals surface area contributed by atoms with E-state index in [0.717, 1.165) is 23.3 Å². The lowest BCUT2D eigenvalue weighted by Gasteiger charge is -2.08. The zero-order valence-corrected chi connectivity index (χ0v) is 11.6. The Morgan fingerprint density at radius 3 is 2.85 bits per heavy atom. The van der Waals surface area contributed by atoms with E-state index in [9.17, 15) is 4.79 Å². The highest BCUT2D eigenvalue weighted by atomic mass is 16.5. The molecule has 1 aromatic carbocycles. The van der Waals surface area contributed by atoms with Gasteiger partial charge in [-0.1, -0.05) is 12.1 Å². The first-order chi connectivity index (χ1) is 9.70. The lowest BCUT2D eigenvalue weighted by atomic mass is 10.1. The summed E-state index contributed by atoms with van der Waals surface area (Å²) in [5.41, 5.74) is 2.58. The van der Waals surface area contributed by atoms with Crippen LogP contribution in [-0.4, -0.2) is 29.5 Å². The Labute approximate surface area is 118 Å². The summed E-state index contributed by atoms with van der Waals surface area (Å²) in [6, 6.07) is 6.00. The second-order valence-corrected chi connectivity index (χ2v) is 4.40. The zero-order valence-electron chi connectivity index (χ0n) is 11.6. The molecule has 0 saturated carbocycles. The Morgan fingerprint density at radius 2 is 2.20 bits per heavy atom. The lowest BCUT2D eigenvalue weighted by molar-refractivity contribution is 0.0948. The highest BCUT2D eigenvalue weighted by molar-refractivity contribution is 5.91. The summed E-state index contributed by atoms with van der Waals surface area (Å²) in [6.07, 6.45) is 5.25. The third-order valence-electron chi connectivity index (χ3n) is 2.95. The number of rotatable bonds is 5. The van der Waals surface area contributed by atoms with Crippen LogP contribution in [0.2, 0.25) is 0 Å². The summed E-state index contributed by atoms with van der Waals surface area (Å²) in [5.74, 6) is 0.667. The number of benzene rings is 1. The van der Waals surface area contributed by atoms with Gasteiger partial charge in [0.2, 0.25) is 0 Å². The van der Waals surface area contributed by atoms with Gasteiger partial charge >= 0.3 is 0 Å². The summed E-state index contributed by atoms with van der Waals surface area (Å²) in [7, 11) is 1.66. The molecule has 104 valence electrons. The van der Waals surface area contributed by atoms with E-state index in [4.69, 9.17) is 4.74 Å². The Hall–Kier alpha value is -2.43. The minimum absolute atomic E-state index is 0.205. The second kappa shape index (κ2) is 6.65. The molecule has 1 aromatic heterocycles. The fraction of sp³-hybridized carbons (Fsp3) is 0.267. The number of aryl methyl sites for hydroxylation is 1. The van der Waals surface area contributed by atoms with Crippen molar-refractivity contribution in [2.24, 2.45) is 0 Å². The number of hydrogen-bond acceptors (Lipinski definition) is 4. The van der Waals surface area contributed by atoms with E-state index in [1.165, 1.54) is 18.6 Å². The molecule has 0 aliphatic heterocycles. The second-order valence-electron chi connectivity index (χ2n) is 4.40. The van der Waals surface area contributed by atoms with Gasteiger partial charge in [-0.25, -0.2) is 4.98 Å². The van der Waals surface area contributed by atoms with Crippen LogP contribution in [0.25, 0.3) is 0 Å². The summed E-state index contributed by atoms with van der Waals surface area (Å²) in [6.45, 7) is 2.56. The first kappa shape index (κ1) is 14.0. The van der Waals surface area contributed by atoms with Gasteiger partial charge in [-0.05, 0) is 30.5 Å². The molecule has 0 aliphatic rings. The van der Waals surface area contributed by atoms with Gasteiger partial charge in [0.05, 0.1) is 13.3 Å². The minimum atomic E-state index is -0.205. The number of amides is 1. The predicted molar refractivity (Wildman–Crippen MR) is 75.8 cm³/mol. The first-order valence-electron chi connectivity index (χ1n) is 6.38. The molecule has 1 heterocycles. The van der Waals surface area contributed by atoms with Crippen LogP contribution >= 0.6 is 0 Å². The fourth-order valence-corrected chi connectivity index (χ4v) is 1.92. The molecular weight excluding hydrogens is 254 g/mol. The van der Waals surface area contributed by atoms with Crippen molar-refractivity contribution in [3.63, 3.8) is 0 Å². The van der Waals surface area contributed by atoms with E-state index in [1.807, 2.05) is 19.1 Å². The number of aromatic nitrogens is 2. The van der Waals surface area contributed by atoms with Crippen LogP contribution in [0.5, 0.6) is 5.75 Å². The van der Waals surface area contributed by atoms with Crippen LogP contribution in [0.15, 0.2) is 36.8 Å². The normalized spacial score (nSPS) is 10.1. The molecule has 1 amide bonds. The third kappa shape index (κ3) is 3.54. The number of nitrogens with one attached hydrogen (secondary N) is 1. The molecule has 1 N–H and O–H groups in total. The van der Waals surface area contributed by atoms with Crippen LogP contribution in [-0.2, 0) is 6.42 Å². The predicted octanol–water partition coefficient (Wildman–Crippen LogP) is 1.77. The molecule has 0 spiro atoms. The molecule has 0 atom stereocenters. The van der Waals surface area contributed by atoms with Gasteiger partial charge in [-0.3, -0.25) is 9.78 Å². The van der Waals surface area contributed by atoms with Crippen molar-refractivity contribution in [3.05, 3.63) is 53.6 Å². The van der Waals surface area contributed by atoms with Gasteiger partial charge in [-0.15, -0.1) is 0 Å². The molecule has 0 saturated heterocycles. The average molecular weight is 271 g/mol. The van der Waals surface area contributed by atoms with Crippen molar-refractivity contribution in [2.75, 3.05) is 13.7 Å². The maximum Gasteiger partial charge on any atom is 0.271 e. The Bertz CT molecular complexity index is 585. The van der Waals surface area contributed by atoms with Crippen LogP contribution in [0.3, 0.4) is 0 Å². The number of carbonyl (C=O) groups excluding carboxylic acids is 1. The summed E-state index contributed by atoms with van der Waals surface area (Å²) in [5, 5.41) is 2.82. The molecule has 0 fully saturated rings. The minimum Gasteiger partial charge on any atom is -0.496 e. The molecule has 0 unspecified atom stereocenters. The number of hydrogen-bond donors (Lipinski definition) is 1. The van der Waals surface area contributed by atoms with Crippen molar-refractivity contribution in [3.8, 4) is 5.75 Å². The Morgan fingerprint density at radius 1 is 1.35 bits per heavy atom. The van der Waals surface area contributed by atoms with Crippen LogP contribution in [0.1, 0.15) is 21.6 Å². The average Bonchev–Trinajstić information content (AvgIpc) is 2.48. The molecule has 2 aromatic rings. The van der Waals surface area contributed by atoms with E-state index in [2.05, 4.69) is 21.4 Å². The van der Waals surface area contributed by atoms with E-state index >= 15 is 0 Å². The Kier molecular flexibility index (Phi) is 4.65. The molecule has 5 nitrogen and oxygen atoms in total. The summed E-state index contributed by atoms with van der Waals surface area (Å²) < 4.78 is 5.22. The van der Waals surface area contributed by atoms with Crippen molar-refractivity contribution in [2.45, 2.75) is 13.3 Å². The monoisotopic (exact) mass is 271 g/mol. The van der Waals surface area contributed by atoms with Crippen molar-refractivity contribution in [1.29, 1.82) is 0 Å². The fourth-order valence-electron chi connectivity index (χ4n) is 1.92. The highest BCUT2D eigenvalue weighted by Crippen LogP contribution is 2.18. The molecule has 0 radical (unpaired) electrons. The highest BCUT2D eigenvalue weighted by Gasteiger charge is 2.06. The van der Waals surface area contributed by atoms with Gasteiger partial charge in [0.25, 0.3) is 5.91 Å². The van der Waals surface area contributed by atoms with E-state index in [-0.39, 0.29) is 5.91 Å². The van der Waals surface area contributed by atoms with Crippen molar-refractivity contribution >= 4 is 5.91 Å². The summed E-state index contributed by atoms with van der Waals surface area (Å²) >= 11 is 0.